The van der Waals surface area contributed by atoms with Gasteiger partial charge in [-0.25, -0.2) is 9.59 Å². The summed E-state index contributed by atoms with van der Waals surface area (Å²) < 4.78 is 11.9. The van der Waals surface area contributed by atoms with Gasteiger partial charge in [-0.15, -0.1) is 0 Å². The van der Waals surface area contributed by atoms with E-state index in [4.69, 9.17) is 5.11 Å². The maximum atomic E-state index is 14.1. The molecule has 0 aromatic heterocycles. The van der Waals surface area contributed by atoms with Crippen LogP contribution in [0.1, 0.15) is 20.3 Å². The van der Waals surface area contributed by atoms with Gasteiger partial charge in [-0.3, -0.25) is 0 Å². The van der Waals surface area contributed by atoms with E-state index in [0.29, 0.717) is 0 Å². The third kappa shape index (κ3) is 0.926. The van der Waals surface area contributed by atoms with E-state index in [1.807, 2.05) is 0 Å². The number of carboxylic acid groups (broad SMARTS) is 1. The van der Waals surface area contributed by atoms with Crippen LogP contribution in [0.4, 0.5) is 4.48 Å². The van der Waals surface area contributed by atoms with Crippen LogP contribution in [-0.2, 0) is 9.59 Å². The molecule has 2 saturated heterocycles. The number of hydrogen-bond acceptors (Lipinski definition) is 3. The number of β-lactam (4-membered cyclic amide) rings is 1. The maximum absolute atomic E-state index is 14.1. The van der Waals surface area contributed by atoms with Crippen molar-refractivity contribution in [2.45, 2.75) is 36.4 Å². The number of fused-ring (bicyclic) bond motifs is 1. The first-order valence-electron chi connectivity index (χ1n) is 4.32. The number of rotatable bonds is 1. The number of thioether (sulfide) groups is 1. The molecular weight excluding hydrogens is 209 g/mol. The second-order valence-electron chi connectivity index (χ2n) is 4.20. The second kappa shape index (κ2) is 2.49. The first-order valence-corrected chi connectivity index (χ1v) is 5.20. The summed E-state index contributed by atoms with van der Waals surface area (Å²) in [6.45, 7) is 3.34. The van der Waals surface area contributed by atoms with Gasteiger partial charge < -0.3 is 5.11 Å². The van der Waals surface area contributed by atoms with E-state index < -0.39 is 32.7 Å². The summed E-state index contributed by atoms with van der Waals surface area (Å²) in [4.78, 5) is 22.1. The number of halogens is 1. The lowest BCUT2D eigenvalue weighted by atomic mass is 9.98. The first-order chi connectivity index (χ1) is 6.30. The van der Waals surface area contributed by atoms with Gasteiger partial charge in [-0.05, 0) is 18.6 Å². The van der Waals surface area contributed by atoms with E-state index in [0.717, 1.165) is 0 Å². The van der Waals surface area contributed by atoms with Gasteiger partial charge in [0.15, 0.2) is 5.37 Å². The molecule has 0 aromatic rings. The molecule has 4 nitrogen and oxygen atoms in total. The topological polar surface area (TPSA) is 54.4 Å². The molecule has 0 saturated carbocycles. The molecule has 1 unspecified atom stereocenters. The predicted molar refractivity (Wildman–Crippen MR) is 47.9 cm³/mol. The van der Waals surface area contributed by atoms with E-state index in [2.05, 4.69) is 0 Å². The molecule has 0 aliphatic carbocycles. The Morgan fingerprint density at radius 2 is 2.29 bits per heavy atom. The molecule has 0 aromatic carbocycles. The molecule has 0 spiro atoms. The molecule has 0 radical (unpaired) electrons. The average molecular weight is 220 g/mol. The van der Waals surface area contributed by atoms with Crippen molar-refractivity contribution in [3.63, 3.8) is 0 Å². The Labute approximate surface area is 84.6 Å². The highest BCUT2D eigenvalue weighted by molar-refractivity contribution is 8.01. The largest absolute Gasteiger partial charge is 0.477 e. The average Bonchev–Trinajstić information content (AvgIpc) is 2.17. The molecule has 2 aliphatic heterocycles. The number of nitrogens with zero attached hydrogens (tertiary/aromatic N) is 1. The Balaban J connectivity index is 2.43. The van der Waals surface area contributed by atoms with Gasteiger partial charge in [0, 0.05) is 4.48 Å². The summed E-state index contributed by atoms with van der Waals surface area (Å²) in [6, 6.07) is -1.27. The summed E-state index contributed by atoms with van der Waals surface area (Å²) >= 11 is 1.25. The van der Waals surface area contributed by atoms with Gasteiger partial charge in [-0.1, -0.05) is 11.8 Å². The fourth-order valence-electron chi connectivity index (χ4n) is 2.22. The number of hydrogen-bond donors (Lipinski definition) is 1. The Kier molecular flexibility index (Phi) is 1.76. The third-order valence-corrected chi connectivity index (χ3v) is 4.43. The van der Waals surface area contributed by atoms with Crippen molar-refractivity contribution in [2.75, 3.05) is 0 Å². The zero-order valence-electron chi connectivity index (χ0n) is 7.86. The summed E-state index contributed by atoms with van der Waals surface area (Å²) in [5.41, 5.74) is 0. The monoisotopic (exact) mass is 220 g/mol. The fraction of sp³-hybridized carbons (Fsp3) is 0.750. The SMILES string of the molecule is CC1(C)S[C@@H]2CC(=O)[N+]2(F)[C@H]1C(=O)O. The molecule has 0 bridgehead atoms. The molecule has 78 valence electrons. The number of carbonyl (C=O) groups is 2. The van der Waals surface area contributed by atoms with Crippen LogP contribution in [0.15, 0.2) is 0 Å². The maximum Gasteiger partial charge on any atom is 0.368 e. The van der Waals surface area contributed by atoms with Crippen molar-refractivity contribution >= 4 is 23.6 Å². The van der Waals surface area contributed by atoms with Gasteiger partial charge in [-0.2, -0.15) is 0 Å². The lowest BCUT2D eigenvalue weighted by Gasteiger charge is -2.35. The number of aliphatic carboxylic acids is 1. The normalized spacial score (nSPS) is 44.4. The fourth-order valence-corrected chi connectivity index (χ4v) is 3.93. The number of carbonyl (C=O) groups excluding carboxylic acids is 1. The Morgan fingerprint density at radius 1 is 1.71 bits per heavy atom. The van der Waals surface area contributed by atoms with E-state index >= 15 is 0 Å². The number of carboxylic acids is 1. The second-order valence-corrected chi connectivity index (χ2v) is 6.03. The molecular formula is C8H11FNO3S+. The smallest absolute Gasteiger partial charge is 0.368 e. The third-order valence-electron chi connectivity index (χ3n) is 2.86. The van der Waals surface area contributed by atoms with Gasteiger partial charge in [0.1, 0.15) is 6.42 Å². The van der Waals surface area contributed by atoms with Crippen LogP contribution >= 0.6 is 11.8 Å². The minimum atomic E-state index is -1.41. The summed E-state index contributed by atoms with van der Waals surface area (Å²) in [5.74, 6) is -1.85. The number of quaternary nitrogens is 1. The van der Waals surface area contributed by atoms with Crippen molar-refractivity contribution in [1.82, 2.24) is 0 Å². The van der Waals surface area contributed by atoms with E-state index in [9.17, 15) is 14.1 Å². The standard InChI is InChI=1S/C8H10FNO3S/c1-8(2)6(7(12)13)10(9)4(11)3-5(10)14-8/h5-6H,3H2,1-2H3/p+1/t5-,6+,10?/m1/s1. The van der Waals surface area contributed by atoms with Crippen molar-refractivity contribution < 1.29 is 23.9 Å². The van der Waals surface area contributed by atoms with Crippen LogP contribution in [0, 0.1) is 0 Å². The Morgan fingerprint density at radius 3 is 2.64 bits per heavy atom. The number of amides is 1. The van der Waals surface area contributed by atoms with Crippen LogP contribution < -0.4 is 0 Å². The first kappa shape index (κ1) is 9.92. The Bertz CT molecular complexity index is 333. The van der Waals surface area contributed by atoms with Crippen LogP contribution in [0.3, 0.4) is 0 Å². The highest BCUT2D eigenvalue weighted by atomic mass is 32.2. The van der Waals surface area contributed by atoms with Gasteiger partial charge in [0.25, 0.3) is 0 Å². The summed E-state index contributed by atoms with van der Waals surface area (Å²) in [5, 5.41) is 8.42. The lowest BCUT2D eigenvalue weighted by molar-refractivity contribution is -1.03. The van der Waals surface area contributed by atoms with E-state index in [1.165, 1.54) is 11.8 Å². The zero-order valence-corrected chi connectivity index (χ0v) is 8.68. The van der Waals surface area contributed by atoms with E-state index in [-0.39, 0.29) is 6.42 Å². The van der Waals surface area contributed by atoms with Crippen molar-refractivity contribution in [3.05, 3.63) is 0 Å². The molecule has 14 heavy (non-hydrogen) atoms. The molecule has 2 fully saturated rings. The molecule has 1 N–H and O–H groups in total. The molecule has 2 rings (SSSR count). The summed E-state index contributed by atoms with van der Waals surface area (Å²) in [6.07, 6.45) is 0.147. The van der Waals surface area contributed by atoms with Gasteiger partial charge in [0.2, 0.25) is 6.04 Å². The van der Waals surface area contributed by atoms with Gasteiger partial charge in [0.05, 0.1) is 4.75 Å². The molecule has 2 heterocycles. The quantitative estimate of drug-likeness (QED) is 0.527. The van der Waals surface area contributed by atoms with Crippen LogP contribution in [0.2, 0.25) is 0 Å². The lowest BCUT2D eigenvalue weighted by Crippen LogP contribution is -2.67. The molecule has 3 atom stereocenters. The van der Waals surface area contributed by atoms with Crippen molar-refractivity contribution in [2.24, 2.45) is 0 Å². The van der Waals surface area contributed by atoms with Crippen molar-refractivity contribution in [3.8, 4) is 0 Å². The van der Waals surface area contributed by atoms with Gasteiger partial charge >= 0.3 is 11.9 Å². The van der Waals surface area contributed by atoms with Crippen LogP contribution in [0.5, 0.6) is 0 Å². The van der Waals surface area contributed by atoms with Crippen molar-refractivity contribution in [1.29, 1.82) is 0 Å². The highest BCUT2D eigenvalue weighted by Gasteiger charge is 2.76. The molecule has 1 amide bonds. The minimum absolute atomic E-state index is 0.147. The minimum Gasteiger partial charge on any atom is -0.477 e. The van der Waals surface area contributed by atoms with Crippen LogP contribution in [-0.4, -0.2) is 37.9 Å². The van der Waals surface area contributed by atoms with Crippen LogP contribution in [0.25, 0.3) is 0 Å². The zero-order chi connectivity index (χ0) is 10.7. The predicted octanol–water partition coefficient (Wildman–Crippen LogP) is 0.923. The highest BCUT2D eigenvalue weighted by Crippen LogP contribution is 2.56. The van der Waals surface area contributed by atoms with E-state index in [1.54, 1.807) is 13.8 Å². The summed E-state index contributed by atoms with van der Waals surface area (Å²) in [7, 11) is 0. The molecule has 2 aliphatic rings. The Hall–Kier alpha value is -0.620. The molecule has 6 heteroatoms.